The second kappa shape index (κ2) is 2.72. The van der Waals surface area contributed by atoms with E-state index in [1.165, 1.54) is 11.6 Å². The first-order valence-electron chi connectivity index (χ1n) is 3.20. The van der Waals surface area contributed by atoms with Crippen LogP contribution in [0, 0.1) is 5.92 Å². The SMILES string of the molecule is C[C](C)Cc1ccc[nH]1. The molecule has 1 aromatic heterocycles. The van der Waals surface area contributed by atoms with Gasteiger partial charge in [0.2, 0.25) is 0 Å². The van der Waals surface area contributed by atoms with Gasteiger partial charge in [-0.2, -0.15) is 0 Å². The Kier molecular flexibility index (Phi) is 1.93. The first kappa shape index (κ1) is 6.40. The minimum Gasteiger partial charge on any atom is -0.365 e. The normalized spacial score (nSPS) is 10.6. The number of aromatic nitrogens is 1. The lowest BCUT2D eigenvalue weighted by atomic mass is 10.1. The van der Waals surface area contributed by atoms with Gasteiger partial charge in [0, 0.05) is 11.9 Å². The smallest absolute Gasteiger partial charge is 0.0152 e. The number of H-pyrrole nitrogens is 1. The molecule has 0 atom stereocenters. The van der Waals surface area contributed by atoms with E-state index < -0.39 is 0 Å². The van der Waals surface area contributed by atoms with Crippen LogP contribution in [-0.2, 0) is 6.42 Å². The second-order valence-electron chi connectivity index (χ2n) is 2.58. The zero-order valence-corrected chi connectivity index (χ0v) is 5.94. The highest BCUT2D eigenvalue weighted by atomic mass is 14.7. The molecule has 9 heavy (non-hydrogen) atoms. The molecule has 0 aliphatic carbocycles. The summed E-state index contributed by atoms with van der Waals surface area (Å²) in [5.74, 6) is 1.44. The van der Waals surface area contributed by atoms with Crippen LogP contribution in [-0.4, -0.2) is 4.98 Å². The van der Waals surface area contributed by atoms with E-state index in [-0.39, 0.29) is 0 Å². The predicted molar refractivity (Wildman–Crippen MR) is 39.1 cm³/mol. The number of rotatable bonds is 2. The number of nitrogens with one attached hydrogen (secondary N) is 1. The summed E-state index contributed by atoms with van der Waals surface area (Å²) in [5, 5.41) is 0. The molecule has 1 heterocycles. The molecule has 1 N–H and O–H groups in total. The molecule has 1 nitrogen and oxygen atoms in total. The quantitative estimate of drug-likeness (QED) is 0.618. The summed E-state index contributed by atoms with van der Waals surface area (Å²) in [6.07, 6.45) is 3.03. The molecule has 0 bridgehead atoms. The van der Waals surface area contributed by atoms with Gasteiger partial charge in [-0.3, -0.25) is 0 Å². The van der Waals surface area contributed by atoms with Gasteiger partial charge in [-0.25, -0.2) is 0 Å². The third kappa shape index (κ3) is 1.92. The monoisotopic (exact) mass is 122 g/mol. The minimum atomic E-state index is 1.08. The molecule has 1 radical (unpaired) electrons. The van der Waals surface area contributed by atoms with E-state index in [1.807, 2.05) is 12.3 Å². The van der Waals surface area contributed by atoms with Crippen LogP contribution in [0.15, 0.2) is 18.3 Å². The van der Waals surface area contributed by atoms with Crippen molar-refractivity contribution in [1.29, 1.82) is 0 Å². The van der Waals surface area contributed by atoms with E-state index in [0.29, 0.717) is 0 Å². The fourth-order valence-corrected chi connectivity index (χ4v) is 0.858. The van der Waals surface area contributed by atoms with E-state index in [9.17, 15) is 0 Å². The fourth-order valence-electron chi connectivity index (χ4n) is 0.858. The van der Waals surface area contributed by atoms with Crippen molar-refractivity contribution in [2.45, 2.75) is 20.3 Å². The molecule has 1 aromatic rings. The van der Waals surface area contributed by atoms with Crippen LogP contribution in [0.4, 0.5) is 0 Å². The van der Waals surface area contributed by atoms with Gasteiger partial charge in [-0.15, -0.1) is 0 Å². The molecule has 0 aliphatic rings. The van der Waals surface area contributed by atoms with E-state index in [0.717, 1.165) is 6.42 Å². The van der Waals surface area contributed by atoms with Crippen molar-refractivity contribution < 1.29 is 0 Å². The Morgan fingerprint density at radius 1 is 1.56 bits per heavy atom. The highest BCUT2D eigenvalue weighted by Gasteiger charge is 1.95. The van der Waals surface area contributed by atoms with Crippen molar-refractivity contribution in [3.05, 3.63) is 29.9 Å². The molecule has 49 valence electrons. The Labute approximate surface area is 56.1 Å². The van der Waals surface area contributed by atoms with Gasteiger partial charge in [-0.1, -0.05) is 13.8 Å². The molecule has 0 spiro atoms. The fraction of sp³-hybridized carbons (Fsp3) is 0.375. The Balaban J connectivity index is 2.48. The second-order valence-corrected chi connectivity index (χ2v) is 2.58. The molecule has 1 rings (SSSR count). The summed E-state index contributed by atoms with van der Waals surface area (Å²) in [4.78, 5) is 3.15. The molecule has 0 saturated carbocycles. The molecule has 0 fully saturated rings. The summed E-state index contributed by atoms with van der Waals surface area (Å²) in [6.45, 7) is 4.28. The van der Waals surface area contributed by atoms with Crippen LogP contribution >= 0.6 is 0 Å². The van der Waals surface area contributed by atoms with E-state index in [2.05, 4.69) is 24.9 Å². The summed E-state index contributed by atoms with van der Waals surface area (Å²) in [7, 11) is 0. The highest BCUT2D eigenvalue weighted by Crippen LogP contribution is 2.05. The van der Waals surface area contributed by atoms with E-state index in [4.69, 9.17) is 0 Å². The maximum Gasteiger partial charge on any atom is 0.0152 e. The molecule has 0 unspecified atom stereocenters. The van der Waals surface area contributed by atoms with Gasteiger partial charge in [0.1, 0.15) is 0 Å². The van der Waals surface area contributed by atoms with Crippen molar-refractivity contribution in [3.8, 4) is 0 Å². The van der Waals surface area contributed by atoms with Crippen molar-refractivity contribution in [3.63, 3.8) is 0 Å². The Morgan fingerprint density at radius 3 is 2.78 bits per heavy atom. The average Bonchev–Trinajstić information content (AvgIpc) is 2.15. The largest absolute Gasteiger partial charge is 0.365 e. The summed E-state index contributed by atoms with van der Waals surface area (Å²) in [6, 6.07) is 4.13. The number of aromatic amines is 1. The average molecular weight is 122 g/mol. The van der Waals surface area contributed by atoms with Crippen LogP contribution in [0.3, 0.4) is 0 Å². The van der Waals surface area contributed by atoms with Crippen LogP contribution in [0.1, 0.15) is 19.5 Å². The number of hydrogen-bond acceptors (Lipinski definition) is 0. The first-order chi connectivity index (χ1) is 4.29. The summed E-state index contributed by atoms with van der Waals surface area (Å²) in [5.41, 5.74) is 1.30. The van der Waals surface area contributed by atoms with Crippen molar-refractivity contribution in [2.24, 2.45) is 0 Å². The van der Waals surface area contributed by atoms with E-state index in [1.54, 1.807) is 0 Å². The maximum atomic E-state index is 3.15. The van der Waals surface area contributed by atoms with E-state index >= 15 is 0 Å². The van der Waals surface area contributed by atoms with Gasteiger partial charge in [-0.05, 0) is 24.5 Å². The van der Waals surface area contributed by atoms with Crippen LogP contribution in [0.2, 0.25) is 0 Å². The van der Waals surface area contributed by atoms with Crippen LogP contribution in [0.5, 0.6) is 0 Å². The van der Waals surface area contributed by atoms with Crippen LogP contribution in [0.25, 0.3) is 0 Å². The van der Waals surface area contributed by atoms with Gasteiger partial charge >= 0.3 is 0 Å². The molecule has 1 heteroatoms. The third-order valence-corrected chi connectivity index (χ3v) is 1.21. The zero-order chi connectivity index (χ0) is 6.69. The standard InChI is InChI=1S/C8H12N/c1-7(2)6-8-4-3-5-9-8/h3-5,9H,6H2,1-2H3. The Hall–Kier alpha value is -0.720. The lowest BCUT2D eigenvalue weighted by Crippen LogP contribution is -1.90. The topological polar surface area (TPSA) is 15.8 Å². The lowest BCUT2D eigenvalue weighted by molar-refractivity contribution is 0.927. The predicted octanol–water partition coefficient (Wildman–Crippen LogP) is 2.17. The van der Waals surface area contributed by atoms with Gasteiger partial charge < -0.3 is 4.98 Å². The summed E-state index contributed by atoms with van der Waals surface area (Å²) < 4.78 is 0. The van der Waals surface area contributed by atoms with Gasteiger partial charge in [0.25, 0.3) is 0 Å². The van der Waals surface area contributed by atoms with Crippen molar-refractivity contribution >= 4 is 0 Å². The van der Waals surface area contributed by atoms with Gasteiger partial charge in [0.15, 0.2) is 0 Å². The minimum absolute atomic E-state index is 1.08. The molecular weight excluding hydrogens is 110 g/mol. The lowest BCUT2D eigenvalue weighted by Gasteiger charge is -1.98. The van der Waals surface area contributed by atoms with Crippen molar-refractivity contribution in [1.82, 2.24) is 4.98 Å². The molecule has 0 amide bonds. The summed E-state index contributed by atoms with van der Waals surface area (Å²) >= 11 is 0. The highest BCUT2D eigenvalue weighted by molar-refractivity contribution is 5.08. The first-order valence-corrected chi connectivity index (χ1v) is 3.20. The van der Waals surface area contributed by atoms with Crippen LogP contribution < -0.4 is 0 Å². The van der Waals surface area contributed by atoms with Gasteiger partial charge in [0.05, 0.1) is 0 Å². The third-order valence-electron chi connectivity index (χ3n) is 1.21. The maximum absolute atomic E-state index is 3.15. The Morgan fingerprint density at radius 2 is 2.33 bits per heavy atom. The van der Waals surface area contributed by atoms with Crippen molar-refractivity contribution in [2.75, 3.05) is 0 Å². The molecule has 0 saturated heterocycles. The molecular formula is C8H12N. The molecule has 0 aliphatic heterocycles. The molecule has 0 aromatic carbocycles. The zero-order valence-electron chi connectivity index (χ0n) is 5.94. The number of hydrogen-bond donors (Lipinski definition) is 1. The Bertz CT molecular complexity index is 151.